The van der Waals surface area contributed by atoms with Gasteiger partial charge in [-0.3, -0.25) is 0 Å². The molecule has 0 spiro atoms. The van der Waals surface area contributed by atoms with Crippen molar-refractivity contribution in [1.29, 1.82) is 0 Å². The van der Waals surface area contributed by atoms with Crippen molar-refractivity contribution in [1.82, 2.24) is 0 Å². The molecule has 0 nitrogen and oxygen atoms in total. The Labute approximate surface area is 148 Å². The van der Waals surface area contributed by atoms with Crippen LogP contribution in [0.5, 0.6) is 0 Å². The summed E-state index contributed by atoms with van der Waals surface area (Å²) in [5.74, 6) is 1.06. The largest absolute Gasteiger partial charge is 0.161 e. The van der Waals surface area contributed by atoms with Gasteiger partial charge in [-0.2, -0.15) is 0 Å². The van der Waals surface area contributed by atoms with E-state index in [1.165, 1.54) is 20.9 Å². The molecule has 0 N–H and O–H groups in total. The lowest BCUT2D eigenvalue weighted by Crippen LogP contribution is -2.12. The topological polar surface area (TPSA) is 0 Å². The maximum absolute atomic E-state index is 2.32. The van der Waals surface area contributed by atoms with E-state index in [0.717, 1.165) is 5.75 Å². The van der Waals surface area contributed by atoms with Gasteiger partial charge in [-0.1, -0.05) is 81.4 Å². The van der Waals surface area contributed by atoms with E-state index in [1.807, 2.05) is 0 Å². The van der Waals surface area contributed by atoms with Crippen molar-refractivity contribution >= 4 is 10.9 Å². The van der Waals surface area contributed by atoms with E-state index in [0.29, 0.717) is 0 Å². The highest BCUT2D eigenvalue weighted by Crippen LogP contribution is 2.29. The van der Waals surface area contributed by atoms with Crippen LogP contribution >= 0.6 is 0 Å². The maximum Gasteiger partial charge on any atom is 0.161 e. The summed E-state index contributed by atoms with van der Waals surface area (Å²) >= 11 is 0. The Morgan fingerprint density at radius 2 is 1.12 bits per heavy atom. The highest BCUT2D eigenvalue weighted by molar-refractivity contribution is 7.96. The zero-order valence-corrected chi connectivity index (χ0v) is 15.5. The first-order valence-corrected chi connectivity index (χ1v) is 9.84. The Morgan fingerprint density at radius 1 is 0.625 bits per heavy atom. The molecule has 0 bridgehead atoms. The minimum Gasteiger partial charge on any atom is -0.0622 e. The van der Waals surface area contributed by atoms with Crippen molar-refractivity contribution in [2.24, 2.45) is 0 Å². The standard InChI is InChI=1S/C23H25S/c1-23(2,3)20-14-16-22(17-15-20)24(21-12-8-5-9-13-21)18-19-10-6-4-7-11-19/h4-17H,18H2,1-3H3/q+1. The minimum atomic E-state index is 0.0627. The molecule has 0 aliphatic carbocycles. The van der Waals surface area contributed by atoms with E-state index in [4.69, 9.17) is 0 Å². The second kappa shape index (κ2) is 7.27. The summed E-state index contributed by atoms with van der Waals surface area (Å²) in [4.78, 5) is 2.82. The van der Waals surface area contributed by atoms with Gasteiger partial charge >= 0.3 is 0 Å². The number of hydrogen-bond acceptors (Lipinski definition) is 0. The molecular formula is C23H25S+. The number of rotatable bonds is 4. The molecular weight excluding hydrogens is 308 g/mol. The van der Waals surface area contributed by atoms with Crippen LogP contribution in [0.15, 0.2) is 94.7 Å². The van der Waals surface area contributed by atoms with E-state index in [1.54, 1.807) is 0 Å². The van der Waals surface area contributed by atoms with Crippen LogP contribution in [-0.2, 0) is 22.1 Å². The third-order valence-electron chi connectivity index (χ3n) is 4.19. The maximum atomic E-state index is 2.32. The molecule has 0 radical (unpaired) electrons. The average Bonchev–Trinajstić information content (AvgIpc) is 2.61. The van der Waals surface area contributed by atoms with Gasteiger partial charge in [-0.05, 0) is 35.2 Å². The molecule has 0 fully saturated rings. The van der Waals surface area contributed by atoms with Gasteiger partial charge in [0.2, 0.25) is 0 Å². The minimum absolute atomic E-state index is 0.0627. The summed E-state index contributed by atoms with van der Waals surface area (Å²) in [5, 5.41) is 0. The molecule has 122 valence electrons. The smallest absolute Gasteiger partial charge is 0.0622 e. The first-order chi connectivity index (χ1) is 11.5. The van der Waals surface area contributed by atoms with Crippen molar-refractivity contribution in [3.63, 3.8) is 0 Å². The third kappa shape index (κ3) is 4.10. The van der Waals surface area contributed by atoms with E-state index in [9.17, 15) is 0 Å². The lowest BCUT2D eigenvalue weighted by molar-refractivity contribution is 0.589. The second-order valence-electron chi connectivity index (χ2n) is 7.11. The zero-order chi connectivity index (χ0) is 17.0. The van der Waals surface area contributed by atoms with Gasteiger partial charge in [-0.25, -0.2) is 0 Å². The van der Waals surface area contributed by atoms with E-state index >= 15 is 0 Å². The van der Waals surface area contributed by atoms with E-state index in [2.05, 4.69) is 106 Å². The van der Waals surface area contributed by atoms with Crippen LogP contribution in [0.25, 0.3) is 0 Å². The first-order valence-electron chi connectivity index (χ1n) is 8.44. The summed E-state index contributed by atoms with van der Waals surface area (Å²) in [6.45, 7) is 6.80. The first kappa shape index (κ1) is 16.9. The highest BCUT2D eigenvalue weighted by Gasteiger charge is 2.26. The molecule has 0 amide bonds. The predicted octanol–water partition coefficient (Wildman–Crippen LogP) is 6.22. The van der Waals surface area contributed by atoms with E-state index < -0.39 is 0 Å². The summed E-state index contributed by atoms with van der Waals surface area (Å²) < 4.78 is 0. The van der Waals surface area contributed by atoms with E-state index in [-0.39, 0.29) is 16.3 Å². The third-order valence-corrected chi connectivity index (χ3v) is 6.49. The van der Waals surface area contributed by atoms with Crippen LogP contribution in [0.3, 0.4) is 0 Å². The van der Waals surface area contributed by atoms with Crippen LogP contribution in [0.2, 0.25) is 0 Å². The zero-order valence-electron chi connectivity index (χ0n) is 14.7. The molecule has 3 aromatic carbocycles. The van der Waals surface area contributed by atoms with Crippen LogP contribution < -0.4 is 0 Å². The number of benzene rings is 3. The van der Waals surface area contributed by atoms with Crippen molar-refractivity contribution in [3.05, 3.63) is 96.1 Å². The normalized spacial score (nSPS) is 12.8. The Balaban J connectivity index is 1.95. The molecule has 0 aliphatic heterocycles. The highest BCUT2D eigenvalue weighted by atomic mass is 32.2. The Morgan fingerprint density at radius 3 is 1.67 bits per heavy atom. The van der Waals surface area contributed by atoms with Gasteiger partial charge in [0.15, 0.2) is 9.79 Å². The van der Waals surface area contributed by atoms with Crippen molar-refractivity contribution in [2.75, 3.05) is 0 Å². The van der Waals surface area contributed by atoms with Gasteiger partial charge in [0, 0.05) is 5.56 Å². The second-order valence-corrected chi connectivity index (χ2v) is 9.12. The lowest BCUT2D eigenvalue weighted by atomic mass is 9.87. The van der Waals surface area contributed by atoms with Crippen LogP contribution in [0, 0.1) is 0 Å². The fourth-order valence-corrected chi connectivity index (χ4v) is 4.83. The molecule has 0 heterocycles. The quantitative estimate of drug-likeness (QED) is 0.497. The van der Waals surface area contributed by atoms with Gasteiger partial charge in [0.05, 0.1) is 10.9 Å². The van der Waals surface area contributed by atoms with Crippen molar-refractivity contribution < 1.29 is 0 Å². The Kier molecular flexibility index (Phi) is 5.11. The molecule has 3 rings (SSSR count). The molecule has 0 saturated carbocycles. The van der Waals surface area contributed by atoms with Crippen molar-refractivity contribution in [3.8, 4) is 0 Å². The number of hydrogen-bond donors (Lipinski definition) is 0. The molecule has 1 atom stereocenters. The summed E-state index contributed by atoms with van der Waals surface area (Å²) in [6.07, 6.45) is 0. The molecule has 0 aliphatic rings. The van der Waals surface area contributed by atoms with Gasteiger partial charge in [0.25, 0.3) is 0 Å². The monoisotopic (exact) mass is 333 g/mol. The van der Waals surface area contributed by atoms with Gasteiger partial charge in [-0.15, -0.1) is 0 Å². The van der Waals surface area contributed by atoms with Gasteiger partial charge < -0.3 is 0 Å². The van der Waals surface area contributed by atoms with Gasteiger partial charge in [0.1, 0.15) is 5.75 Å². The fraction of sp³-hybridized carbons (Fsp3) is 0.217. The fourth-order valence-electron chi connectivity index (χ4n) is 2.75. The van der Waals surface area contributed by atoms with Crippen LogP contribution in [0.1, 0.15) is 31.9 Å². The summed E-state index contributed by atoms with van der Waals surface area (Å²) in [6, 6.07) is 30.9. The average molecular weight is 334 g/mol. The summed E-state index contributed by atoms with van der Waals surface area (Å²) in [7, 11) is 0.0627. The van der Waals surface area contributed by atoms with Crippen LogP contribution in [0.4, 0.5) is 0 Å². The predicted molar refractivity (Wildman–Crippen MR) is 106 cm³/mol. The Bertz CT molecular complexity index is 753. The van der Waals surface area contributed by atoms with Crippen molar-refractivity contribution in [2.45, 2.75) is 41.7 Å². The molecule has 3 aromatic rings. The molecule has 1 unspecified atom stereocenters. The SMILES string of the molecule is CC(C)(C)c1ccc([S+](Cc2ccccc2)c2ccccc2)cc1. The molecule has 24 heavy (non-hydrogen) atoms. The van der Waals surface area contributed by atoms with Crippen LogP contribution in [-0.4, -0.2) is 0 Å². The Hall–Kier alpha value is -1.99. The lowest BCUT2D eigenvalue weighted by Gasteiger charge is -2.19. The molecule has 0 aromatic heterocycles. The molecule has 0 saturated heterocycles. The molecule has 1 heteroatoms. The summed E-state index contributed by atoms with van der Waals surface area (Å²) in [5.41, 5.74) is 2.98.